The summed E-state index contributed by atoms with van der Waals surface area (Å²) in [4.78, 5) is 14.1. The molecule has 0 amide bonds. The minimum absolute atomic E-state index is 0.426. The van der Waals surface area contributed by atoms with Crippen molar-refractivity contribution in [2.75, 3.05) is 32.9 Å². The van der Waals surface area contributed by atoms with Gasteiger partial charge in [-0.3, -0.25) is 4.90 Å². The van der Waals surface area contributed by atoms with E-state index in [1.165, 1.54) is 32.4 Å². The topological polar surface area (TPSA) is 72.4 Å². The van der Waals surface area contributed by atoms with E-state index >= 15 is 0 Å². The van der Waals surface area contributed by atoms with Crippen LogP contribution in [0.3, 0.4) is 0 Å². The summed E-state index contributed by atoms with van der Waals surface area (Å²) in [5.74, 6) is 2.16. The fraction of sp³-hybridized carbons (Fsp3) is 0.412. The first-order valence-electron chi connectivity index (χ1n) is 14.9. The Morgan fingerprint density at radius 2 is 1.51 bits per heavy atom. The number of rotatable bonds is 6. The largest absolute Gasteiger partial charge is 0.457 e. The Morgan fingerprint density at radius 1 is 0.854 bits per heavy atom. The molecule has 7 heteroatoms. The second-order valence-electron chi connectivity index (χ2n) is 11.4. The van der Waals surface area contributed by atoms with Gasteiger partial charge in [0.25, 0.3) is 0 Å². The van der Waals surface area contributed by atoms with Gasteiger partial charge < -0.3 is 19.9 Å². The molecule has 3 heterocycles. The Balaban J connectivity index is 0.000000794. The molecule has 0 bridgehead atoms. The van der Waals surface area contributed by atoms with Crippen LogP contribution in [0.25, 0.3) is 22.2 Å². The predicted molar refractivity (Wildman–Crippen MR) is 169 cm³/mol. The van der Waals surface area contributed by atoms with Crippen LogP contribution in [0.15, 0.2) is 79.3 Å². The van der Waals surface area contributed by atoms with Crippen LogP contribution in [0.5, 0.6) is 11.5 Å². The van der Waals surface area contributed by atoms with Crippen LogP contribution >= 0.6 is 0 Å². The van der Waals surface area contributed by atoms with Crippen molar-refractivity contribution < 1.29 is 4.74 Å². The van der Waals surface area contributed by atoms with Crippen molar-refractivity contribution in [2.45, 2.75) is 64.1 Å². The number of nitrogens with two attached hydrogens (primary N) is 1. The monoisotopic (exact) mass is 552 g/mol. The first-order chi connectivity index (χ1) is 20.0. The maximum atomic E-state index is 6.41. The van der Waals surface area contributed by atoms with Crippen molar-refractivity contribution in [3.8, 4) is 22.6 Å². The van der Waals surface area contributed by atoms with Gasteiger partial charge in [0.15, 0.2) is 0 Å². The van der Waals surface area contributed by atoms with E-state index in [0.717, 1.165) is 46.5 Å². The highest BCUT2D eigenvalue weighted by molar-refractivity contribution is 6.00. The molecule has 0 spiro atoms. The predicted octanol–water partition coefficient (Wildman–Crippen LogP) is 7.17. The van der Waals surface area contributed by atoms with Crippen LogP contribution in [-0.2, 0) is 0 Å². The quantitative estimate of drug-likeness (QED) is 0.256. The summed E-state index contributed by atoms with van der Waals surface area (Å²) in [6.07, 6.45) is 13.9. The van der Waals surface area contributed by atoms with Crippen molar-refractivity contribution in [2.24, 2.45) is 0 Å². The van der Waals surface area contributed by atoms with Crippen molar-refractivity contribution in [1.29, 1.82) is 0 Å². The molecule has 2 fully saturated rings. The molecule has 2 aliphatic rings. The number of benzene rings is 2. The molecular formula is C34H44N6O. The number of likely N-dealkylation sites (tertiary alicyclic amines) is 1. The third-order valence-corrected chi connectivity index (χ3v) is 8.62. The average molecular weight is 553 g/mol. The maximum absolute atomic E-state index is 6.41. The molecule has 4 aromatic rings. The Bertz CT molecular complexity index is 1420. The van der Waals surface area contributed by atoms with Crippen LogP contribution in [-0.4, -0.2) is 63.6 Å². The number of ether oxygens (including phenoxy) is 1. The second-order valence-corrected chi connectivity index (χ2v) is 11.4. The van der Waals surface area contributed by atoms with Gasteiger partial charge in [-0.25, -0.2) is 9.97 Å². The molecule has 1 aliphatic carbocycles. The number of likely N-dealkylation sites (N-methyl/N-ethyl adjacent to an activating group) is 1. The summed E-state index contributed by atoms with van der Waals surface area (Å²) in [6, 6.07) is 19.9. The fourth-order valence-electron chi connectivity index (χ4n) is 6.16. The number of fused-ring (bicyclic) bond motifs is 1. The molecule has 1 aliphatic heterocycles. The van der Waals surface area contributed by atoms with Crippen LogP contribution in [0.4, 0.5) is 5.82 Å². The van der Waals surface area contributed by atoms with Gasteiger partial charge in [0.1, 0.15) is 29.3 Å². The van der Waals surface area contributed by atoms with Gasteiger partial charge in [0.05, 0.1) is 5.39 Å². The molecular weight excluding hydrogens is 508 g/mol. The zero-order valence-electron chi connectivity index (χ0n) is 24.9. The third-order valence-electron chi connectivity index (χ3n) is 8.62. The SMILES string of the molecule is C/C=C\C.CN(C)C1CCN(C2CCC(n3cc(-c4ccc(Oc5ccccc5)cc4)c4c(N)ncnc43)CC2)C1. The molecule has 1 unspecified atom stereocenters. The lowest BCUT2D eigenvalue weighted by Gasteiger charge is -2.35. The highest BCUT2D eigenvalue weighted by atomic mass is 16.5. The lowest BCUT2D eigenvalue weighted by molar-refractivity contribution is 0.156. The van der Waals surface area contributed by atoms with E-state index in [1.807, 2.05) is 68.5 Å². The number of aromatic nitrogens is 3. The number of nitrogens with zero attached hydrogens (tertiary/aromatic N) is 5. The molecule has 6 rings (SSSR count). The minimum Gasteiger partial charge on any atom is -0.457 e. The van der Waals surface area contributed by atoms with Crippen molar-refractivity contribution in [1.82, 2.24) is 24.3 Å². The summed E-state index contributed by atoms with van der Waals surface area (Å²) < 4.78 is 8.35. The zero-order valence-corrected chi connectivity index (χ0v) is 24.9. The number of para-hydroxylation sites is 1. The molecule has 0 radical (unpaired) electrons. The van der Waals surface area contributed by atoms with Crippen LogP contribution < -0.4 is 10.5 Å². The fourth-order valence-corrected chi connectivity index (χ4v) is 6.16. The van der Waals surface area contributed by atoms with Crippen LogP contribution in [0, 0.1) is 0 Å². The summed E-state index contributed by atoms with van der Waals surface area (Å²) in [5.41, 5.74) is 9.51. The lowest BCUT2D eigenvalue weighted by Crippen LogP contribution is -2.39. The summed E-state index contributed by atoms with van der Waals surface area (Å²) >= 11 is 0. The first kappa shape index (κ1) is 28.8. The standard InChI is InChI=1S/C30H36N6O.C4H8/c1-34(2)24-16-17-35(18-24)22-10-12-23(13-11-22)36-19-27(28-29(31)32-20-33-30(28)36)21-8-14-26(15-9-21)37-25-6-4-3-5-7-25;1-3-4-2/h3-9,14-15,19-20,22-24H,10-13,16-18H2,1-2H3,(H2,31,32,33);3-4H,1-2H3/b;4-3-. The van der Waals surface area contributed by atoms with Gasteiger partial charge in [-0.05, 0) is 89.9 Å². The van der Waals surface area contributed by atoms with Crippen LogP contribution in [0.2, 0.25) is 0 Å². The Morgan fingerprint density at radius 3 is 2.15 bits per heavy atom. The Kier molecular flexibility index (Phi) is 9.37. The van der Waals surface area contributed by atoms with Gasteiger partial charge in [0, 0.05) is 43.0 Å². The molecule has 1 saturated heterocycles. The number of nitrogen functional groups attached to an aromatic ring is 1. The highest BCUT2D eigenvalue weighted by Crippen LogP contribution is 2.39. The van der Waals surface area contributed by atoms with Crippen molar-refractivity contribution in [3.05, 3.63) is 79.3 Å². The van der Waals surface area contributed by atoms with E-state index in [-0.39, 0.29) is 0 Å². The zero-order chi connectivity index (χ0) is 28.8. The Labute approximate surface area is 244 Å². The van der Waals surface area contributed by atoms with E-state index in [9.17, 15) is 0 Å². The van der Waals surface area contributed by atoms with Gasteiger partial charge in [-0.1, -0.05) is 42.5 Å². The van der Waals surface area contributed by atoms with Gasteiger partial charge in [0.2, 0.25) is 0 Å². The molecule has 2 aromatic heterocycles. The van der Waals surface area contributed by atoms with Crippen molar-refractivity contribution >= 4 is 16.9 Å². The molecule has 1 saturated carbocycles. The first-order valence-corrected chi connectivity index (χ1v) is 14.9. The minimum atomic E-state index is 0.426. The molecule has 7 nitrogen and oxygen atoms in total. The Hall–Kier alpha value is -3.68. The molecule has 216 valence electrons. The summed E-state index contributed by atoms with van der Waals surface area (Å²) in [6.45, 7) is 6.43. The number of hydrogen-bond acceptors (Lipinski definition) is 6. The van der Waals surface area contributed by atoms with Gasteiger partial charge in [-0.2, -0.15) is 0 Å². The van der Waals surface area contributed by atoms with E-state index in [1.54, 1.807) is 6.33 Å². The maximum Gasteiger partial charge on any atom is 0.146 e. The lowest BCUT2D eigenvalue weighted by atomic mass is 9.90. The third kappa shape index (κ3) is 6.63. The van der Waals surface area contributed by atoms with E-state index < -0.39 is 0 Å². The number of anilines is 1. The second kappa shape index (κ2) is 13.3. The summed E-state index contributed by atoms with van der Waals surface area (Å²) in [7, 11) is 4.41. The van der Waals surface area contributed by atoms with Crippen molar-refractivity contribution in [3.63, 3.8) is 0 Å². The normalized spacial score (nSPS) is 21.3. The smallest absolute Gasteiger partial charge is 0.146 e. The molecule has 1 atom stereocenters. The van der Waals surface area contributed by atoms with E-state index in [2.05, 4.69) is 51.8 Å². The van der Waals surface area contributed by atoms with Gasteiger partial charge >= 0.3 is 0 Å². The average Bonchev–Trinajstić information content (AvgIpc) is 3.66. The van der Waals surface area contributed by atoms with E-state index in [4.69, 9.17) is 15.5 Å². The van der Waals surface area contributed by atoms with E-state index in [0.29, 0.717) is 23.9 Å². The number of allylic oxidation sites excluding steroid dienone is 2. The van der Waals surface area contributed by atoms with Gasteiger partial charge in [-0.15, -0.1) is 0 Å². The molecule has 2 N–H and O–H groups in total. The number of hydrogen-bond donors (Lipinski definition) is 1. The summed E-state index contributed by atoms with van der Waals surface area (Å²) in [5, 5.41) is 0.940. The molecule has 2 aromatic carbocycles. The highest BCUT2D eigenvalue weighted by Gasteiger charge is 2.33. The molecule has 41 heavy (non-hydrogen) atoms. The van der Waals surface area contributed by atoms with Crippen LogP contribution in [0.1, 0.15) is 52.0 Å².